The topological polar surface area (TPSA) is 67.9 Å². The Morgan fingerprint density at radius 2 is 1.52 bits per heavy atom. The summed E-state index contributed by atoms with van der Waals surface area (Å²) in [6.45, 7) is 13.0. The fourth-order valence-corrected chi connectivity index (χ4v) is 3.24. The van der Waals surface area contributed by atoms with Crippen LogP contribution < -0.4 is 14.8 Å². The molecule has 0 aliphatic heterocycles. The first kappa shape index (κ1) is 26.2. The summed E-state index contributed by atoms with van der Waals surface area (Å²) in [5, 5.41) is 2.92. The number of amides is 2. The first-order valence-electron chi connectivity index (χ1n) is 11.4. The number of benzene rings is 2. The van der Waals surface area contributed by atoms with Gasteiger partial charge in [0.15, 0.2) is 6.61 Å². The highest BCUT2D eigenvalue weighted by Crippen LogP contribution is 2.24. The van der Waals surface area contributed by atoms with Gasteiger partial charge in [-0.25, -0.2) is 0 Å². The van der Waals surface area contributed by atoms with Gasteiger partial charge in [0.2, 0.25) is 5.91 Å². The van der Waals surface area contributed by atoms with Crippen molar-refractivity contribution in [3.63, 3.8) is 0 Å². The second-order valence-electron chi connectivity index (χ2n) is 9.75. The van der Waals surface area contributed by atoms with Crippen LogP contribution in [0.3, 0.4) is 0 Å². The van der Waals surface area contributed by atoms with Crippen LogP contribution in [0.4, 0.5) is 0 Å². The van der Waals surface area contributed by atoms with Crippen LogP contribution in [-0.4, -0.2) is 43.0 Å². The molecule has 6 nitrogen and oxygen atoms in total. The minimum Gasteiger partial charge on any atom is -0.497 e. The van der Waals surface area contributed by atoms with Crippen molar-refractivity contribution in [2.45, 2.75) is 59.5 Å². The van der Waals surface area contributed by atoms with Crippen molar-refractivity contribution >= 4 is 11.8 Å². The summed E-state index contributed by atoms with van der Waals surface area (Å²) in [6.07, 6.45) is 0. The number of ether oxygens (including phenoxy) is 2. The monoisotopic (exact) mass is 454 g/mol. The van der Waals surface area contributed by atoms with E-state index in [9.17, 15) is 9.59 Å². The van der Waals surface area contributed by atoms with Crippen LogP contribution in [0.1, 0.15) is 52.7 Å². The van der Waals surface area contributed by atoms with Gasteiger partial charge in [-0.2, -0.15) is 0 Å². The first-order valence-corrected chi connectivity index (χ1v) is 11.4. The third kappa shape index (κ3) is 8.12. The Hall–Kier alpha value is -3.02. The lowest BCUT2D eigenvalue weighted by atomic mass is 9.87. The van der Waals surface area contributed by atoms with Crippen molar-refractivity contribution in [3.05, 3.63) is 59.7 Å². The van der Waals surface area contributed by atoms with Crippen LogP contribution in [-0.2, 0) is 21.5 Å². The van der Waals surface area contributed by atoms with E-state index in [0.29, 0.717) is 24.8 Å². The van der Waals surface area contributed by atoms with E-state index < -0.39 is 6.04 Å². The number of rotatable bonds is 10. The van der Waals surface area contributed by atoms with Crippen LogP contribution in [0.15, 0.2) is 48.5 Å². The van der Waals surface area contributed by atoms with Crippen molar-refractivity contribution in [3.8, 4) is 11.5 Å². The van der Waals surface area contributed by atoms with E-state index in [0.717, 1.165) is 11.3 Å². The summed E-state index contributed by atoms with van der Waals surface area (Å²) in [4.78, 5) is 27.4. The van der Waals surface area contributed by atoms with Gasteiger partial charge in [0.25, 0.3) is 5.91 Å². The molecule has 6 heteroatoms. The number of hydrogen-bond acceptors (Lipinski definition) is 4. The molecule has 2 amide bonds. The van der Waals surface area contributed by atoms with E-state index in [2.05, 4.69) is 26.1 Å². The maximum absolute atomic E-state index is 13.2. The van der Waals surface area contributed by atoms with Crippen molar-refractivity contribution in [1.82, 2.24) is 10.2 Å². The standard InChI is InChI=1S/C27H38N2O4/c1-19(2)16-28-26(31)20(3)29(17-21-8-12-23(32-7)13-9-21)25(30)18-33-24-14-10-22(11-15-24)27(4,5)6/h8-15,19-20H,16-18H2,1-7H3,(H,28,31)/t20-/m0/s1. The number of hydrogen-bond donors (Lipinski definition) is 1. The largest absolute Gasteiger partial charge is 0.497 e. The fourth-order valence-electron chi connectivity index (χ4n) is 3.24. The summed E-state index contributed by atoms with van der Waals surface area (Å²) in [5.74, 6) is 1.25. The molecule has 0 radical (unpaired) electrons. The Morgan fingerprint density at radius 3 is 2.03 bits per heavy atom. The Kier molecular flexibility index (Phi) is 9.32. The van der Waals surface area contributed by atoms with Crippen LogP contribution in [0.25, 0.3) is 0 Å². The van der Waals surface area contributed by atoms with Gasteiger partial charge in [-0.15, -0.1) is 0 Å². The zero-order chi connectivity index (χ0) is 24.6. The second kappa shape index (κ2) is 11.7. The average Bonchev–Trinajstić information content (AvgIpc) is 2.79. The summed E-state index contributed by atoms with van der Waals surface area (Å²) in [6, 6.07) is 14.6. The maximum Gasteiger partial charge on any atom is 0.261 e. The Labute approximate surface area is 198 Å². The van der Waals surface area contributed by atoms with Crippen LogP contribution >= 0.6 is 0 Å². The van der Waals surface area contributed by atoms with E-state index in [1.807, 2.05) is 62.4 Å². The molecule has 0 spiro atoms. The molecule has 2 aromatic rings. The molecule has 0 aliphatic rings. The SMILES string of the molecule is COc1ccc(CN(C(=O)COc2ccc(C(C)(C)C)cc2)[C@@H](C)C(=O)NCC(C)C)cc1. The minimum absolute atomic E-state index is 0.0439. The molecule has 0 heterocycles. The molecular weight excluding hydrogens is 416 g/mol. The highest BCUT2D eigenvalue weighted by molar-refractivity contribution is 5.88. The molecule has 0 saturated carbocycles. The van der Waals surface area contributed by atoms with Crippen LogP contribution in [0, 0.1) is 5.92 Å². The van der Waals surface area contributed by atoms with E-state index in [1.165, 1.54) is 5.56 Å². The number of carbonyl (C=O) groups is 2. The van der Waals surface area contributed by atoms with Gasteiger partial charge >= 0.3 is 0 Å². The average molecular weight is 455 g/mol. The lowest BCUT2D eigenvalue weighted by molar-refractivity contribution is -0.142. The Morgan fingerprint density at radius 1 is 0.939 bits per heavy atom. The molecule has 0 bridgehead atoms. The quantitative estimate of drug-likeness (QED) is 0.571. The van der Waals surface area contributed by atoms with Crippen molar-refractivity contribution in [1.29, 1.82) is 0 Å². The molecule has 0 unspecified atom stereocenters. The molecule has 0 fully saturated rings. The van der Waals surface area contributed by atoms with Gasteiger partial charge in [-0.1, -0.05) is 58.9 Å². The second-order valence-corrected chi connectivity index (χ2v) is 9.75. The van der Waals surface area contributed by atoms with Gasteiger partial charge in [0.1, 0.15) is 17.5 Å². The van der Waals surface area contributed by atoms with Crippen LogP contribution in [0.5, 0.6) is 11.5 Å². The molecule has 180 valence electrons. The molecule has 1 atom stereocenters. The molecular formula is C27H38N2O4. The minimum atomic E-state index is -0.634. The third-order valence-corrected chi connectivity index (χ3v) is 5.45. The summed E-state index contributed by atoms with van der Waals surface area (Å²) in [7, 11) is 1.61. The van der Waals surface area contributed by atoms with Crippen molar-refractivity contribution in [2.75, 3.05) is 20.3 Å². The van der Waals surface area contributed by atoms with Gasteiger partial charge in [-0.05, 0) is 53.6 Å². The third-order valence-electron chi connectivity index (χ3n) is 5.45. The molecule has 1 N–H and O–H groups in total. The molecule has 0 saturated heterocycles. The van der Waals surface area contributed by atoms with E-state index in [-0.39, 0.29) is 23.8 Å². The predicted octanol–water partition coefficient (Wildman–Crippen LogP) is 4.56. The van der Waals surface area contributed by atoms with E-state index >= 15 is 0 Å². The number of nitrogens with one attached hydrogen (secondary N) is 1. The fraction of sp³-hybridized carbons (Fsp3) is 0.481. The van der Waals surface area contributed by atoms with Gasteiger partial charge in [0, 0.05) is 13.1 Å². The summed E-state index contributed by atoms with van der Waals surface area (Å²) in [5.41, 5.74) is 2.14. The highest BCUT2D eigenvalue weighted by atomic mass is 16.5. The van der Waals surface area contributed by atoms with Gasteiger partial charge < -0.3 is 19.7 Å². The predicted molar refractivity (Wildman–Crippen MR) is 131 cm³/mol. The van der Waals surface area contributed by atoms with Gasteiger partial charge in [0.05, 0.1) is 7.11 Å². The number of methoxy groups -OCH3 is 1. The molecule has 2 aromatic carbocycles. The molecule has 2 rings (SSSR count). The zero-order valence-electron chi connectivity index (χ0n) is 21.0. The lowest BCUT2D eigenvalue weighted by Crippen LogP contribution is -2.49. The summed E-state index contributed by atoms with van der Waals surface area (Å²) < 4.78 is 11.0. The molecule has 33 heavy (non-hydrogen) atoms. The Bertz CT molecular complexity index is 899. The van der Waals surface area contributed by atoms with Gasteiger partial charge in [-0.3, -0.25) is 9.59 Å². The first-order chi connectivity index (χ1) is 15.5. The highest BCUT2D eigenvalue weighted by Gasteiger charge is 2.26. The summed E-state index contributed by atoms with van der Waals surface area (Å²) >= 11 is 0. The van der Waals surface area contributed by atoms with E-state index in [1.54, 1.807) is 18.9 Å². The lowest BCUT2D eigenvalue weighted by Gasteiger charge is -2.29. The molecule has 0 aromatic heterocycles. The number of carbonyl (C=O) groups excluding carboxylic acids is 2. The zero-order valence-corrected chi connectivity index (χ0v) is 21.0. The molecule has 0 aliphatic carbocycles. The number of nitrogens with zero attached hydrogens (tertiary/aromatic N) is 1. The van der Waals surface area contributed by atoms with Crippen LogP contribution in [0.2, 0.25) is 0 Å². The maximum atomic E-state index is 13.2. The van der Waals surface area contributed by atoms with E-state index in [4.69, 9.17) is 9.47 Å². The smallest absolute Gasteiger partial charge is 0.261 e. The normalized spacial score (nSPS) is 12.2. The van der Waals surface area contributed by atoms with Crippen molar-refractivity contribution < 1.29 is 19.1 Å². The van der Waals surface area contributed by atoms with Crippen molar-refractivity contribution in [2.24, 2.45) is 5.92 Å². The Balaban J connectivity index is 2.12.